The van der Waals surface area contributed by atoms with Crippen molar-refractivity contribution >= 4 is 16.8 Å². The number of carboxylic acids is 1. The Balaban J connectivity index is 2.45. The van der Waals surface area contributed by atoms with E-state index in [1.54, 1.807) is 24.5 Å². The molecule has 0 saturated heterocycles. The maximum absolute atomic E-state index is 11.0. The van der Waals surface area contributed by atoms with Gasteiger partial charge in [0.15, 0.2) is 0 Å². The van der Waals surface area contributed by atoms with Crippen LogP contribution in [-0.4, -0.2) is 33.3 Å². The number of hydrogen-bond acceptors (Lipinski definition) is 3. The summed E-state index contributed by atoms with van der Waals surface area (Å²) in [4.78, 5) is 10.8. The molecule has 2 unspecified atom stereocenters. The smallest absolute Gasteiger partial charge is 0.335 e. The van der Waals surface area contributed by atoms with Gasteiger partial charge in [0, 0.05) is 35.4 Å². The Labute approximate surface area is 110 Å². The highest BCUT2D eigenvalue weighted by Crippen LogP contribution is 2.06. The summed E-state index contributed by atoms with van der Waals surface area (Å²) in [5, 5.41) is 12.2. The molecule has 0 aliphatic carbocycles. The fourth-order valence-electron chi connectivity index (χ4n) is 1.55. The molecule has 2 atom stereocenters. The van der Waals surface area contributed by atoms with E-state index < -0.39 is 16.8 Å². The van der Waals surface area contributed by atoms with E-state index in [0.29, 0.717) is 17.9 Å². The van der Waals surface area contributed by atoms with Gasteiger partial charge in [0.25, 0.3) is 0 Å². The van der Waals surface area contributed by atoms with E-state index in [1.165, 1.54) is 0 Å². The largest absolute Gasteiger partial charge is 0.478 e. The van der Waals surface area contributed by atoms with Crippen LogP contribution in [-0.2, 0) is 17.3 Å². The number of carboxylic acid groups (broad SMARTS) is 1. The molecule has 0 bridgehead atoms. The first-order valence-corrected chi connectivity index (χ1v) is 7.57. The van der Waals surface area contributed by atoms with Crippen LogP contribution >= 0.6 is 0 Å². The zero-order valence-corrected chi connectivity index (χ0v) is 11.5. The highest BCUT2D eigenvalue weighted by molar-refractivity contribution is 7.84. The summed E-state index contributed by atoms with van der Waals surface area (Å²) in [7, 11) is -0.762. The summed E-state index contributed by atoms with van der Waals surface area (Å²) >= 11 is 0. The third-order valence-electron chi connectivity index (χ3n) is 2.67. The van der Waals surface area contributed by atoms with Gasteiger partial charge in [-0.1, -0.05) is 12.1 Å². The number of hydrogen-bond donors (Lipinski definition) is 2. The molecule has 100 valence electrons. The van der Waals surface area contributed by atoms with Crippen molar-refractivity contribution in [2.75, 3.05) is 12.0 Å². The molecule has 1 aromatic carbocycles. The Morgan fingerprint density at radius 2 is 2.22 bits per heavy atom. The minimum absolute atomic E-state index is 0.266. The van der Waals surface area contributed by atoms with E-state index in [1.807, 2.05) is 13.0 Å². The second kappa shape index (κ2) is 7.28. The lowest BCUT2D eigenvalue weighted by Gasteiger charge is -2.13. The Hall–Kier alpha value is -1.20. The van der Waals surface area contributed by atoms with Crippen molar-refractivity contribution in [1.29, 1.82) is 0 Å². The van der Waals surface area contributed by atoms with Crippen molar-refractivity contribution in [3.8, 4) is 0 Å². The van der Waals surface area contributed by atoms with Crippen LogP contribution in [0.5, 0.6) is 0 Å². The van der Waals surface area contributed by atoms with Crippen LogP contribution in [0.3, 0.4) is 0 Å². The van der Waals surface area contributed by atoms with E-state index in [2.05, 4.69) is 5.32 Å². The third kappa shape index (κ3) is 5.42. The normalized spacial score (nSPS) is 14.1. The van der Waals surface area contributed by atoms with E-state index in [0.717, 1.165) is 12.0 Å². The van der Waals surface area contributed by atoms with E-state index >= 15 is 0 Å². The standard InChI is InChI=1S/C13H19NO3S/c1-10(6-7-18(2)17)14-9-11-4-3-5-12(8-11)13(15)16/h3-5,8,10,14H,6-7,9H2,1-2H3,(H,15,16). The summed E-state index contributed by atoms with van der Waals surface area (Å²) in [6.45, 7) is 2.66. The zero-order chi connectivity index (χ0) is 13.5. The fraction of sp³-hybridized carbons (Fsp3) is 0.462. The SMILES string of the molecule is CC(CCS(C)=O)NCc1cccc(C(=O)O)c1. The number of carbonyl (C=O) groups is 1. The lowest BCUT2D eigenvalue weighted by Crippen LogP contribution is -2.27. The van der Waals surface area contributed by atoms with Gasteiger partial charge in [0.2, 0.25) is 0 Å². The molecule has 4 nitrogen and oxygen atoms in total. The van der Waals surface area contributed by atoms with Crippen LogP contribution in [0, 0.1) is 0 Å². The molecule has 0 aromatic heterocycles. The summed E-state index contributed by atoms with van der Waals surface area (Å²) in [6, 6.07) is 7.15. The molecular formula is C13H19NO3S. The monoisotopic (exact) mass is 269 g/mol. The van der Waals surface area contributed by atoms with Crippen LogP contribution in [0.2, 0.25) is 0 Å². The lowest BCUT2D eigenvalue weighted by molar-refractivity contribution is 0.0696. The molecule has 0 saturated carbocycles. The molecule has 0 radical (unpaired) electrons. The minimum Gasteiger partial charge on any atom is -0.478 e. The average Bonchev–Trinajstić information content (AvgIpc) is 2.34. The van der Waals surface area contributed by atoms with E-state index in [-0.39, 0.29) is 6.04 Å². The number of aromatic carboxylic acids is 1. The summed E-state index contributed by atoms with van der Waals surface area (Å²) in [5.74, 6) is -0.227. The van der Waals surface area contributed by atoms with Gasteiger partial charge in [0.05, 0.1) is 5.56 Å². The van der Waals surface area contributed by atoms with Gasteiger partial charge < -0.3 is 10.4 Å². The Kier molecular flexibility index (Phi) is 6.01. The highest BCUT2D eigenvalue weighted by Gasteiger charge is 2.05. The predicted molar refractivity (Wildman–Crippen MR) is 73.3 cm³/mol. The first-order chi connectivity index (χ1) is 8.49. The van der Waals surface area contributed by atoms with Gasteiger partial charge in [-0.2, -0.15) is 0 Å². The number of rotatable bonds is 7. The molecule has 2 N–H and O–H groups in total. The first kappa shape index (κ1) is 14.9. The number of benzene rings is 1. The molecule has 1 rings (SSSR count). The molecular weight excluding hydrogens is 250 g/mol. The molecule has 5 heteroatoms. The molecule has 18 heavy (non-hydrogen) atoms. The Morgan fingerprint density at radius 3 is 2.83 bits per heavy atom. The van der Waals surface area contributed by atoms with Gasteiger partial charge >= 0.3 is 5.97 Å². The topological polar surface area (TPSA) is 66.4 Å². The third-order valence-corrected chi connectivity index (χ3v) is 3.48. The van der Waals surface area contributed by atoms with Crippen LogP contribution in [0.4, 0.5) is 0 Å². The van der Waals surface area contributed by atoms with Crippen LogP contribution in [0.15, 0.2) is 24.3 Å². The van der Waals surface area contributed by atoms with Crippen molar-refractivity contribution < 1.29 is 14.1 Å². The van der Waals surface area contributed by atoms with E-state index in [4.69, 9.17) is 5.11 Å². The van der Waals surface area contributed by atoms with Gasteiger partial charge in [0.1, 0.15) is 0 Å². The van der Waals surface area contributed by atoms with Crippen molar-refractivity contribution in [3.63, 3.8) is 0 Å². The maximum atomic E-state index is 11.0. The summed E-state index contributed by atoms with van der Waals surface area (Å²) in [5.41, 5.74) is 1.25. The van der Waals surface area contributed by atoms with Gasteiger partial charge in [-0.25, -0.2) is 4.79 Å². The quantitative estimate of drug-likeness (QED) is 0.789. The molecule has 0 fully saturated rings. The van der Waals surface area contributed by atoms with Gasteiger partial charge in [-0.15, -0.1) is 0 Å². The second-order valence-electron chi connectivity index (χ2n) is 4.35. The molecule has 0 aliphatic heterocycles. The molecule has 1 aromatic rings. The molecule has 0 amide bonds. The Morgan fingerprint density at radius 1 is 1.50 bits per heavy atom. The summed E-state index contributed by atoms with van der Waals surface area (Å²) < 4.78 is 11.0. The molecule has 0 aliphatic rings. The predicted octanol–water partition coefficient (Wildman–Crippen LogP) is 1.63. The molecule has 0 heterocycles. The van der Waals surface area contributed by atoms with Crippen molar-refractivity contribution in [2.24, 2.45) is 0 Å². The lowest BCUT2D eigenvalue weighted by atomic mass is 10.1. The van der Waals surface area contributed by atoms with Crippen molar-refractivity contribution in [3.05, 3.63) is 35.4 Å². The van der Waals surface area contributed by atoms with E-state index in [9.17, 15) is 9.00 Å². The second-order valence-corrected chi connectivity index (χ2v) is 5.91. The fourth-order valence-corrected chi connectivity index (χ4v) is 2.24. The average molecular weight is 269 g/mol. The van der Waals surface area contributed by atoms with Crippen molar-refractivity contribution in [2.45, 2.75) is 25.9 Å². The minimum atomic E-state index is -0.911. The number of nitrogens with one attached hydrogen (secondary N) is 1. The first-order valence-electron chi connectivity index (χ1n) is 5.84. The van der Waals surface area contributed by atoms with Gasteiger partial charge in [-0.3, -0.25) is 4.21 Å². The maximum Gasteiger partial charge on any atom is 0.335 e. The Bertz CT molecular complexity index is 434. The van der Waals surface area contributed by atoms with Gasteiger partial charge in [-0.05, 0) is 31.0 Å². The summed E-state index contributed by atoms with van der Waals surface area (Å²) in [6.07, 6.45) is 2.55. The van der Waals surface area contributed by atoms with Crippen LogP contribution in [0.1, 0.15) is 29.3 Å². The highest BCUT2D eigenvalue weighted by atomic mass is 32.2. The van der Waals surface area contributed by atoms with Crippen LogP contribution in [0.25, 0.3) is 0 Å². The van der Waals surface area contributed by atoms with Crippen molar-refractivity contribution in [1.82, 2.24) is 5.32 Å². The van der Waals surface area contributed by atoms with Crippen LogP contribution < -0.4 is 5.32 Å². The zero-order valence-electron chi connectivity index (χ0n) is 10.7. The molecule has 0 spiro atoms.